The lowest BCUT2D eigenvalue weighted by Gasteiger charge is -2.26. The summed E-state index contributed by atoms with van der Waals surface area (Å²) >= 11 is 0. The van der Waals surface area contributed by atoms with E-state index in [2.05, 4.69) is 36.6 Å². The highest BCUT2D eigenvalue weighted by atomic mass is 16.3. The van der Waals surface area contributed by atoms with Gasteiger partial charge in [0.05, 0.1) is 12.1 Å². The van der Waals surface area contributed by atoms with Crippen molar-refractivity contribution in [2.45, 2.75) is 26.0 Å². The van der Waals surface area contributed by atoms with E-state index in [4.69, 9.17) is 0 Å². The molecule has 0 saturated carbocycles. The predicted octanol–water partition coefficient (Wildman–Crippen LogP) is 3.04. The molecule has 3 nitrogen and oxygen atoms in total. The van der Waals surface area contributed by atoms with Gasteiger partial charge in [0.2, 0.25) is 0 Å². The average Bonchev–Trinajstić information content (AvgIpc) is 2.50. The Labute approximate surface area is 127 Å². The van der Waals surface area contributed by atoms with E-state index in [1.165, 1.54) is 11.1 Å². The van der Waals surface area contributed by atoms with Gasteiger partial charge in [-0.3, -0.25) is 0 Å². The van der Waals surface area contributed by atoms with Crippen LogP contribution in [0.4, 0.5) is 5.69 Å². The Morgan fingerprint density at radius 3 is 2.38 bits per heavy atom. The van der Waals surface area contributed by atoms with Gasteiger partial charge in [-0.05, 0) is 43.7 Å². The molecule has 0 aliphatic carbocycles. The van der Waals surface area contributed by atoms with Gasteiger partial charge in [-0.15, -0.1) is 0 Å². The summed E-state index contributed by atoms with van der Waals surface area (Å²) in [5.74, 6) is 0. The summed E-state index contributed by atoms with van der Waals surface area (Å²) in [4.78, 5) is 0. The molecular formula is C18H24N2O. The molecule has 21 heavy (non-hydrogen) atoms. The first-order valence-electron chi connectivity index (χ1n) is 7.34. The zero-order valence-electron chi connectivity index (χ0n) is 12.9. The summed E-state index contributed by atoms with van der Waals surface area (Å²) in [5, 5.41) is 17.0. The molecule has 0 aliphatic heterocycles. The van der Waals surface area contributed by atoms with Gasteiger partial charge in [0.15, 0.2) is 0 Å². The van der Waals surface area contributed by atoms with E-state index in [9.17, 15) is 5.11 Å². The molecule has 0 bridgehead atoms. The Balaban J connectivity index is 2.30. The highest BCUT2D eigenvalue weighted by Gasteiger charge is 2.21. The molecule has 112 valence electrons. The van der Waals surface area contributed by atoms with E-state index in [1.807, 2.05) is 43.4 Å². The average molecular weight is 284 g/mol. The summed E-state index contributed by atoms with van der Waals surface area (Å²) in [7, 11) is 1.85. The molecule has 2 unspecified atom stereocenters. The van der Waals surface area contributed by atoms with Crippen molar-refractivity contribution in [1.29, 1.82) is 0 Å². The topological polar surface area (TPSA) is 44.3 Å². The number of anilines is 1. The normalized spacial score (nSPS) is 13.7. The second-order valence-corrected chi connectivity index (χ2v) is 5.41. The van der Waals surface area contributed by atoms with Gasteiger partial charge in [-0.2, -0.15) is 0 Å². The fourth-order valence-corrected chi connectivity index (χ4v) is 2.46. The summed E-state index contributed by atoms with van der Waals surface area (Å²) in [6, 6.07) is 16.1. The Kier molecular flexibility index (Phi) is 5.37. The lowest BCUT2D eigenvalue weighted by atomic mass is 9.99. The van der Waals surface area contributed by atoms with E-state index in [0.717, 1.165) is 11.3 Å². The highest BCUT2D eigenvalue weighted by Crippen LogP contribution is 2.26. The maximum atomic E-state index is 10.5. The zero-order valence-corrected chi connectivity index (χ0v) is 12.9. The van der Waals surface area contributed by atoms with Gasteiger partial charge in [-0.1, -0.05) is 42.5 Å². The molecule has 2 aromatic rings. The van der Waals surface area contributed by atoms with Crippen molar-refractivity contribution in [2.75, 3.05) is 18.9 Å². The molecule has 0 heterocycles. The van der Waals surface area contributed by atoms with Crippen molar-refractivity contribution in [2.24, 2.45) is 0 Å². The largest absolute Gasteiger partial charge is 0.389 e. The lowest BCUT2D eigenvalue weighted by Crippen LogP contribution is -2.34. The number of aliphatic hydroxyl groups is 1. The van der Waals surface area contributed by atoms with Crippen LogP contribution in [0.25, 0.3) is 0 Å². The molecule has 3 heteroatoms. The van der Waals surface area contributed by atoms with E-state index in [-0.39, 0.29) is 6.04 Å². The van der Waals surface area contributed by atoms with Gasteiger partial charge >= 0.3 is 0 Å². The summed E-state index contributed by atoms with van der Waals surface area (Å²) < 4.78 is 0. The first-order valence-corrected chi connectivity index (χ1v) is 7.34. The highest BCUT2D eigenvalue weighted by molar-refractivity contribution is 5.55. The van der Waals surface area contributed by atoms with Crippen LogP contribution < -0.4 is 10.6 Å². The number of nitrogens with one attached hydrogen (secondary N) is 2. The first-order chi connectivity index (χ1) is 10.1. The third-order valence-corrected chi connectivity index (χ3v) is 3.87. The Hall–Kier alpha value is -1.84. The lowest BCUT2D eigenvalue weighted by molar-refractivity contribution is 0.152. The molecule has 2 atom stereocenters. The van der Waals surface area contributed by atoms with E-state index >= 15 is 0 Å². The molecular weight excluding hydrogens is 260 g/mol. The second-order valence-electron chi connectivity index (χ2n) is 5.41. The fourth-order valence-electron chi connectivity index (χ4n) is 2.46. The monoisotopic (exact) mass is 284 g/mol. The number of hydrogen-bond donors (Lipinski definition) is 3. The maximum Gasteiger partial charge on any atom is 0.0907 e. The SMILES string of the molecule is CNCC(O)C(Nc1cccc(C)c1C)c1ccccc1. The summed E-state index contributed by atoms with van der Waals surface area (Å²) in [6.45, 7) is 4.74. The van der Waals surface area contributed by atoms with Crippen molar-refractivity contribution in [3.8, 4) is 0 Å². The van der Waals surface area contributed by atoms with Crippen molar-refractivity contribution in [3.05, 3.63) is 65.2 Å². The third-order valence-electron chi connectivity index (χ3n) is 3.87. The molecule has 2 rings (SSSR count). The third kappa shape index (κ3) is 3.84. The Morgan fingerprint density at radius 1 is 1.00 bits per heavy atom. The molecule has 0 fully saturated rings. The molecule has 0 amide bonds. The first kappa shape index (κ1) is 15.5. The van der Waals surface area contributed by atoms with E-state index in [0.29, 0.717) is 6.54 Å². The number of hydrogen-bond acceptors (Lipinski definition) is 3. The van der Waals surface area contributed by atoms with Crippen LogP contribution in [-0.4, -0.2) is 24.8 Å². The van der Waals surface area contributed by atoms with Crippen LogP contribution in [0.5, 0.6) is 0 Å². The molecule has 0 radical (unpaired) electrons. The van der Waals surface area contributed by atoms with E-state index in [1.54, 1.807) is 0 Å². The molecule has 2 aromatic carbocycles. The van der Waals surface area contributed by atoms with Crippen molar-refractivity contribution in [1.82, 2.24) is 5.32 Å². The van der Waals surface area contributed by atoms with Crippen LogP contribution in [0, 0.1) is 13.8 Å². The van der Waals surface area contributed by atoms with Crippen LogP contribution in [0.15, 0.2) is 48.5 Å². The minimum absolute atomic E-state index is 0.140. The molecule has 0 aromatic heterocycles. The number of aryl methyl sites for hydroxylation is 1. The van der Waals surface area contributed by atoms with Crippen molar-refractivity contribution in [3.63, 3.8) is 0 Å². The minimum atomic E-state index is -0.502. The molecule has 3 N–H and O–H groups in total. The fraction of sp³-hybridized carbons (Fsp3) is 0.333. The second kappa shape index (κ2) is 7.25. The smallest absolute Gasteiger partial charge is 0.0907 e. The van der Waals surface area contributed by atoms with Gasteiger partial charge in [-0.25, -0.2) is 0 Å². The van der Waals surface area contributed by atoms with Crippen LogP contribution in [0.2, 0.25) is 0 Å². The number of benzene rings is 2. The van der Waals surface area contributed by atoms with Crippen LogP contribution >= 0.6 is 0 Å². The van der Waals surface area contributed by atoms with Crippen LogP contribution in [0.1, 0.15) is 22.7 Å². The number of rotatable bonds is 6. The van der Waals surface area contributed by atoms with Gasteiger partial charge < -0.3 is 15.7 Å². The maximum absolute atomic E-state index is 10.5. The van der Waals surface area contributed by atoms with Gasteiger partial charge in [0.1, 0.15) is 0 Å². The van der Waals surface area contributed by atoms with Crippen LogP contribution in [-0.2, 0) is 0 Å². The number of aliphatic hydroxyl groups excluding tert-OH is 1. The molecule has 0 spiro atoms. The van der Waals surface area contributed by atoms with E-state index < -0.39 is 6.10 Å². The van der Waals surface area contributed by atoms with Gasteiger partial charge in [0, 0.05) is 12.2 Å². The van der Waals surface area contributed by atoms with Crippen molar-refractivity contribution < 1.29 is 5.11 Å². The summed E-state index contributed by atoms with van der Waals surface area (Å²) in [6.07, 6.45) is -0.502. The van der Waals surface area contributed by atoms with Gasteiger partial charge in [0.25, 0.3) is 0 Å². The predicted molar refractivity (Wildman–Crippen MR) is 88.7 cm³/mol. The standard InChI is InChI=1S/C18H24N2O/c1-13-8-7-11-16(14(13)2)20-18(17(21)12-19-3)15-9-5-4-6-10-15/h4-11,17-21H,12H2,1-3H3. The molecule has 0 saturated heterocycles. The Morgan fingerprint density at radius 2 is 1.71 bits per heavy atom. The zero-order chi connectivity index (χ0) is 15.2. The Bertz CT molecular complexity index is 569. The number of likely N-dealkylation sites (N-methyl/N-ethyl adjacent to an activating group) is 1. The summed E-state index contributed by atoms with van der Waals surface area (Å²) in [5.41, 5.74) is 4.62. The minimum Gasteiger partial charge on any atom is -0.389 e. The molecule has 0 aliphatic rings. The van der Waals surface area contributed by atoms with Crippen molar-refractivity contribution >= 4 is 5.69 Å². The quantitative estimate of drug-likeness (QED) is 0.764. The van der Waals surface area contributed by atoms with Crippen LogP contribution in [0.3, 0.4) is 0 Å².